The monoisotopic (exact) mass is 174 g/mol. The average molecular weight is 174 g/mol. The molecule has 0 bridgehead atoms. The Labute approximate surface area is 73.4 Å². The van der Waals surface area contributed by atoms with Crippen molar-refractivity contribution in [3.63, 3.8) is 0 Å². The highest BCUT2D eigenvalue weighted by Gasteiger charge is 2.37. The van der Waals surface area contributed by atoms with E-state index in [-0.39, 0.29) is 18.6 Å². The first-order valence-corrected chi connectivity index (χ1v) is 4.52. The van der Waals surface area contributed by atoms with Crippen molar-refractivity contribution < 1.29 is 14.9 Å². The minimum Gasteiger partial charge on any atom is -0.394 e. The number of aliphatic hydroxyl groups excluding tert-OH is 2. The van der Waals surface area contributed by atoms with Gasteiger partial charge in [0.25, 0.3) is 0 Å². The molecule has 1 rings (SSSR count). The number of aliphatic hydroxyl groups is 2. The first-order valence-electron chi connectivity index (χ1n) is 4.52. The van der Waals surface area contributed by atoms with E-state index in [0.29, 0.717) is 11.8 Å². The maximum atomic E-state index is 9.43. The molecular weight excluding hydrogens is 156 g/mol. The van der Waals surface area contributed by atoms with Crippen molar-refractivity contribution in [1.82, 2.24) is 0 Å². The molecule has 0 aromatic carbocycles. The summed E-state index contributed by atoms with van der Waals surface area (Å²) in [4.78, 5) is 0. The lowest BCUT2D eigenvalue weighted by Crippen LogP contribution is -2.46. The topological polar surface area (TPSA) is 49.7 Å². The molecule has 4 unspecified atom stereocenters. The van der Waals surface area contributed by atoms with Crippen LogP contribution in [-0.2, 0) is 4.74 Å². The standard InChI is InChI=1S/C9H18O3/c1-5-6(2)8(4-10)12-9(11)7(5)3/h5-11H,4H2,1-3H3/t5?,6-,7?,8?,9?/m1/s1. The summed E-state index contributed by atoms with van der Waals surface area (Å²) >= 11 is 0. The average Bonchev–Trinajstić information content (AvgIpc) is 2.08. The fraction of sp³-hybridized carbons (Fsp3) is 1.00. The molecule has 1 heterocycles. The minimum atomic E-state index is -0.714. The highest BCUT2D eigenvalue weighted by atomic mass is 16.6. The van der Waals surface area contributed by atoms with Gasteiger partial charge in [-0.1, -0.05) is 20.8 Å². The molecule has 5 atom stereocenters. The van der Waals surface area contributed by atoms with Crippen molar-refractivity contribution in [2.24, 2.45) is 17.8 Å². The van der Waals surface area contributed by atoms with Crippen LogP contribution >= 0.6 is 0 Å². The second-order valence-corrected chi connectivity index (χ2v) is 3.83. The number of rotatable bonds is 1. The Hall–Kier alpha value is -0.120. The molecule has 3 nitrogen and oxygen atoms in total. The maximum absolute atomic E-state index is 9.43. The summed E-state index contributed by atoms with van der Waals surface area (Å²) in [6, 6.07) is 0. The van der Waals surface area contributed by atoms with Gasteiger partial charge in [0.1, 0.15) is 0 Å². The minimum absolute atomic E-state index is 0.00468. The Kier molecular flexibility index (Phi) is 3.09. The molecule has 0 spiro atoms. The van der Waals surface area contributed by atoms with Gasteiger partial charge in [-0.15, -0.1) is 0 Å². The van der Waals surface area contributed by atoms with E-state index in [9.17, 15) is 5.11 Å². The van der Waals surface area contributed by atoms with Crippen LogP contribution in [0.15, 0.2) is 0 Å². The van der Waals surface area contributed by atoms with Gasteiger partial charge in [-0.05, 0) is 11.8 Å². The van der Waals surface area contributed by atoms with Crippen molar-refractivity contribution in [2.75, 3.05) is 6.61 Å². The van der Waals surface area contributed by atoms with Crippen LogP contribution in [0.5, 0.6) is 0 Å². The van der Waals surface area contributed by atoms with Gasteiger partial charge in [0, 0.05) is 5.92 Å². The molecular formula is C9H18O3. The van der Waals surface area contributed by atoms with E-state index < -0.39 is 6.29 Å². The lowest BCUT2D eigenvalue weighted by Gasteiger charge is -2.40. The Balaban J connectivity index is 2.63. The Bertz CT molecular complexity index is 144. The van der Waals surface area contributed by atoms with E-state index in [0.717, 1.165) is 0 Å². The van der Waals surface area contributed by atoms with Crippen LogP contribution in [0.2, 0.25) is 0 Å². The van der Waals surface area contributed by atoms with Crippen LogP contribution in [0, 0.1) is 17.8 Å². The molecule has 0 amide bonds. The van der Waals surface area contributed by atoms with Crippen LogP contribution in [0.1, 0.15) is 20.8 Å². The van der Waals surface area contributed by atoms with E-state index in [1.165, 1.54) is 0 Å². The van der Waals surface area contributed by atoms with Gasteiger partial charge in [-0.25, -0.2) is 0 Å². The van der Waals surface area contributed by atoms with Crippen LogP contribution in [0.25, 0.3) is 0 Å². The van der Waals surface area contributed by atoms with Crippen molar-refractivity contribution in [1.29, 1.82) is 0 Å². The molecule has 0 radical (unpaired) electrons. The Morgan fingerprint density at radius 2 is 1.67 bits per heavy atom. The molecule has 1 fully saturated rings. The van der Waals surface area contributed by atoms with E-state index in [1.807, 2.05) is 13.8 Å². The zero-order chi connectivity index (χ0) is 9.30. The van der Waals surface area contributed by atoms with Gasteiger partial charge in [0.05, 0.1) is 12.7 Å². The van der Waals surface area contributed by atoms with Gasteiger partial charge in [0.15, 0.2) is 6.29 Å². The third kappa shape index (κ3) is 1.63. The normalized spacial score (nSPS) is 49.2. The summed E-state index contributed by atoms with van der Waals surface area (Å²) in [6.45, 7) is 6.10. The summed E-state index contributed by atoms with van der Waals surface area (Å²) in [6.07, 6.45) is -0.917. The molecule has 1 aliphatic heterocycles. The van der Waals surface area contributed by atoms with Crippen LogP contribution in [0.3, 0.4) is 0 Å². The largest absolute Gasteiger partial charge is 0.394 e. The molecule has 0 aromatic heterocycles. The maximum Gasteiger partial charge on any atom is 0.157 e. The van der Waals surface area contributed by atoms with E-state index in [4.69, 9.17) is 9.84 Å². The predicted octanol–water partition coefficient (Wildman–Crippen LogP) is 0.604. The van der Waals surface area contributed by atoms with E-state index in [2.05, 4.69) is 6.92 Å². The third-order valence-electron chi connectivity index (χ3n) is 3.19. The van der Waals surface area contributed by atoms with Gasteiger partial charge in [-0.2, -0.15) is 0 Å². The van der Waals surface area contributed by atoms with Gasteiger partial charge in [0.2, 0.25) is 0 Å². The van der Waals surface area contributed by atoms with E-state index >= 15 is 0 Å². The molecule has 0 saturated carbocycles. The van der Waals surface area contributed by atoms with Crippen molar-refractivity contribution in [3.8, 4) is 0 Å². The zero-order valence-electron chi connectivity index (χ0n) is 7.90. The van der Waals surface area contributed by atoms with Crippen LogP contribution < -0.4 is 0 Å². The van der Waals surface area contributed by atoms with Gasteiger partial charge < -0.3 is 14.9 Å². The van der Waals surface area contributed by atoms with Crippen LogP contribution in [-0.4, -0.2) is 29.2 Å². The van der Waals surface area contributed by atoms with E-state index in [1.54, 1.807) is 0 Å². The lowest BCUT2D eigenvalue weighted by atomic mass is 9.79. The number of ether oxygens (including phenoxy) is 1. The van der Waals surface area contributed by atoms with Gasteiger partial charge >= 0.3 is 0 Å². The summed E-state index contributed by atoms with van der Waals surface area (Å²) in [7, 11) is 0. The third-order valence-corrected chi connectivity index (χ3v) is 3.19. The summed E-state index contributed by atoms with van der Waals surface area (Å²) in [5.74, 6) is 0.863. The molecule has 2 N–H and O–H groups in total. The zero-order valence-corrected chi connectivity index (χ0v) is 7.90. The lowest BCUT2D eigenvalue weighted by molar-refractivity contribution is -0.232. The van der Waals surface area contributed by atoms with Crippen molar-refractivity contribution in [3.05, 3.63) is 0 Å². The fourth-order valence-corrected chi connectivity index (χ4v) is 1.71. The molecule has 1 aliphatic rings. The highest BCUT2D eigenvalue weighted by molar-refractivity contribution is 4.81. The first-order chi connectivity index (χ1) is 5.57. The number of hydrogen-bond donors (Lipinski definition) is 2. The van der Waals surface area contributed by atoms with Crippen LogP contribution in [0.4, 0.5) is 0 Å². The molecule has 0 aliphatic carbocycles. The Morgan fingerprint density at radius 1 is 1.08 bits per heavy atom. The molecule has 72 valence electrons. The Morgan fingerprint density at radius 3 is 2.17 bits per heavy atom. The summed E-state index contributed by atoms with van der Waals surface area (Å²) in [5.41, 5.74) is 0. The summed E-state index contributed by atoms with van der Waals surface area (Å²) < 4.78 is 5.24. The summed E-state index contributed by atoms with van der Waals surface area (Å²) in [5, 5.41) is 18.4. The second kappa shape index (κ2) is 3.73. The SMILES string of the molecule is CC1C(O)OC(CO)[C@H](C)C1C. The second-order valence-electron chi connectivity index (χ2n) is 3.83. The molecule has 3 heteroatoms. The fourth-order valence-electron chi connectivity index (χ4n) is 1.71. The smallest absolute Gasteiger partial charge is 0.157 e. The van der Waals surface area contributed by atoms with Gasteiger partial charge in [-0.3, -0.25) is 0 Å². The number of hydrogen-bond acceptors (Lipinski definition) is 3. The molecule has 0 aromatic rings. The van der Waals surface area contributed by atoms with Crippen molar-refractivity contribution in [2.45, 2.75) is 33.2 Å². The highest BCUT2D eigenvalue weighted by Crippen LogP contribution is 2.33. The molecule has 1 saturated heterocycles. The molecule has 12 heavy (non-hydrogen) atoms. The first kappa shape index (κ1) is 9.96. The van der Waals surface area contributed by atoms with Crippen molar-refractivity contribution >= 4 is 0 Å². The quantitative estimate of drug-likeness (QED) is 0.612. The predicted molar refractivity (Wildman–Crippen MR) is 45.5 cm³/mol.